The Kier molecular flexibility index (Phi) is 6.12. The molecule has 1 N–H and O–H groups in total. The molecular formula is C26H25ClFN3O5. The molecule has 2 fully saturated rings. The summed E-state index contributed by atoms with van der Waals surface area (Å²) in [6.45, 7) is 0.673. The van der Waals surface area contributed by atoms with Crippen LogP contribution in [0.1, 0.15) is 18.4 Å². The van der Waals surface area contributed by atoms with Gasteiger partial charge in [0, 0.05) is 34.2 Å². The van der Waals surface area contributed by atoms with Crippen molar-refractivity contribution < 1.29 is 28.1 Å². The minimum Gasteiger partial charge on any atom is -0.497 e. The van der Waals surface area contributed by atoms with Crippen LogP contribution in [0, 0.1) is 16.6 Å². The van der Waals surface area contributed by atoms with Crippen LogP contribution in [0.4, 0.5) is 10.1 Å². The second-order valence-corrected chi connectivity index (χ2v) is 9.54. The van der Waals surface area contributed by atoms with Crippen LogP contribution in [-0.4, -0.2) is 44.1 Å². The van der Waals surface area contributed by atoms with E-state index in [1.165, 1.54) is 25.3 Å². The van der Waals surface area contributed by atoms with Gasteiger partial charge in [-0.25, -0.2) is 4.39 Å². The van der Waals surface area contributed by atoms with Crippen molar-refractivity contribution in [3.63, 3.8) is 0 Å². The maximum Gasteiger partial charge on any atom is 0.312 e. The molecule has 2 saturated carbocycles. The molecule has 2 aliphatic carbocycles. The van der Waals surface area contributed by atoms with E-state index in [1.54, 1.807) is 26.4 Å². The van der Waals surface area contributed by atoms with E-state index in [1.807, 2.05) is 12.1 Å². The van der Waals surface area contributed by atoms with Crippen molar-refractivity contribution in [3.8, 4) is 28.6 Å². The number of fused-ring (bicyclic) bond motifs is 1. The molecule has 0 saturated heterocycles. The lowest BCUT2D eigenvalue weighted by atomic mass is 10.1. The minimum atomic E-state index is -0.470. The zero-order chi connectivity index (χ0) is 25.5. The number of ether oxygens (including phenoxy) is 4. The topological polar surface area (TPSA) is 91.8 Å². The molecule has 0 unspecified atom stereocenters. The maximum absolute atomic E-state index is 14.5. The fourth-order valence-corrected chi connectivity index (χ4v) is 4.82. The Hall–Kier alpha value is -3.59. The molecule has 5 rings (SSSR count). The number of carbonyl (C=O) groups excluding carboxylic acids is 1. The van der Waals surface area contributed by atoms with Gasteiger partial charge in [0.05, 0.1) is 39.0 Å². The van der Waals surface area contributed by atoms with Gasteiger partial charge in [-0.2, -0.15) is 0 Å². The number of anilines is 1. The number of hydrogen-bond acceptors (Lipinski definition) is 8. The van der Waals surface area contributed by atoms with Gasteiger partial charge in [0.2, 0.25) is 0 Å². The molecule has 0 radical (unpaired) electrons. The lowest BCUT2D eigenvalue weighted by molar-refractivity contribution is -0.144. The van der Waals surface area contributed by atoms with E-state index >= 15 is 0 Å². The highest BCUT2D eigenvalue weighted by molar-refractivity contribution is 6.30. The summed E-state index contributed by atoms with van der Waals surface area (Å²) in [5, 5.41) is 12.1. The standard InChI is InChI=1S/C26H25ClFN3O5/c1-33-17-6-4-15(22(9-17)34-2)11-29-21-10-20(18-8-16(27)5-7-19(18)28)30-31-23(21)36-14-25-12-26(25,13-25)24(32)35-3/h4-10H,11-14H2,1-3H3,(H,29,30). The van der Waals surface area contributed by atoms with Crippen LogP contribution < -0.4 is 19.5 Å². The molecular weight excluding hydrogens is 489 g/mol. The minimum absolute atomic E-state index is 0.200. The molecule has 36 heavy (non-hydrogen) atoms. The first kappa shape index (κ1) is 24.1. The Morgan fingerprint density at radius 3 is 2.61 bits per heavy atom. The van der Waals surface area contributed by atoms with E-state index in [2.05, 4.69) is 15.5 Å². The summed E-state index contributed by atoms with van der Waals surface area (Å²) in [6.07, 6.45) is 1.47. The van der Waals surface area contributed by atoms with E-state index in [-0.39, 0.29) is 22.8 Å². The Morgan fingerprint density at radius 1 is 1.08 bits per heavy atom. The number of methoxy groups -OCH3 is 3. The number of hydrogen-bond donors (Lipinski definition) is 1. The zero-order valence-electron chi connectivity index (χ0n) is 20.1. The van der Waals surface area contributed by atoms with E-state index in [0.29, 0.717) is 41.1 Å². The molecule has 0 bridgehead atoms. The van der Waals surface area contributed by atoms with Crippen LogP contribution in [0.15, 0.2) is 42.5 Å². The summed E-state index contributed by atoms with van der Waals surface area (Å²) in [5.74, 6) is 0.897. The van der Waals surface area contributed by atoms with E-state index in [9.17, 15) is 9.18 Å². The molecule has 0 aliphatic heterocycles. The summed E-state index contributed by atoms with van der Waals surface area (Å²) in [7, 11) is 4.57. The van der Waals surface area contributed by atoms with Gasteiger partial charge >= 0.3 is 5.97 Å². The Bertz CT molecular complexity index is 1330. The molecule has 1 aromatic heterocycles. The molecule has 1 heterocycles. The Labute approximate surface area is 212 Å². The highest BCUT2D eigenvalue weighted by Gasteiger charge is 2.88. The van der Waals surface area contributed by atoms with Gasteiger partial charge < -0.3 is 24.3 Å². The SMILES string of the molecule is COC(=O)C12CC1(COc1nnc(-c3cc(Cl)ccc3F)cc1NCc1ccc(OC)cc1OC)C2. The Morgan fingerprint density at radius 2 is 1.89 bits per heavy atom. The van der Waals surface area contributed by atoms with Gasteiger partial charge in [0.25, 0.3) is 5.88 Å². The lowest BCUT2D eigenvalue weighted by Crippen LogP contribution is -2.11. The van der Waals surface area contributed by atoms with Crippen molar-refractivity contribution in [3.05, 3.63) is 58.9 Å². The van der Waals surface area contributed by atoms with Crippen molar-refractivity contribution >= 4 is 23.3 Å². The predicted octanol–water partition coefficient (Wildman–Crippen LogP) is 4.90. The van der Waals surface area contributed by atoms with Gasteiger partial charge in [-0.1, -0.05) is 11.6 Å². The number of rotatable bonds is 10. The van der Waals surface area contributed by atoms with Crippen molar-refractivity contribution in [1.29, 1.82) is 0 Å². The third-order valence-electron chi connectivity index (χ3n) is 7.03. The monoisotopic (exact) mass is 513 g/mol. The normalized spacial score (nSPS) is 21.2. The lowest BCUT2D eigenvalue weighted by Gasteiger charge is -2.16. The number of halogens is 2. The molecule has 3 aromatic rings. The second-order valence-electron chi connectivity index (χ2n) is 9.10. The number of aromatic nitrogens is 2. The summed E-state index contributed by atoms with van der Waals surface area (Å²) in [5.41, 5.74) is 1.26. The van der Waals surface area contributed by atoms with Gasteiger partial charge in [-0.15, -0.1) is 10.2 Å². The van der Waals surface area contributed by atoms with Crippen LogP contribution in [0.2, 0.25) is 5.02 Å². The van der Waals surface area contributed by atoms with Crippen LogP contribution in [0.5, 0.6) is 17.4 Å². The first-order chi connectivity index (χ1) is 17.3. The molecule has 0 atom stereocenters. The molecule has 188 valence electrons. The van der Waals surface area contributed by atoms with Gasteiger partial charge in [-0.3, -0.25) is 4.79 Å². The van der Waals surface area contributed by atoms with Crippen LogP contribution in [0.3, 0.4) is 0 Å². The fraction of sp³-hybridized carbons (Fsp3) is 0.346. The second kappa shape index (κ2) is 9.13. The number of nitrogens with zero attached hydrogens (tertiary/aromatic N) is 2. The first-order valence-electron chi connectivity index (χ1n) is 11.3. The highest BCUT2D eigenvalue weighted by Crippen LogP contribution is 2.86. The van der Waals surface area contributed by atoms with Crippen molar-refractivity contribution in [2.24, 2.45) is 10.8 Å². The van der Waals surface area contributed by atoms with Crippen LogP contribution >= 0.6 is 11.6 Å². The smallest absolute Gasteiger partial charge is 0.312 e. The first-order valence-corrected chi connectivity index (χ1v) is 11.7. The predicted molar refractivity (Wildman–Crippen MR) is 131 cm³/mol. The number of carbonyl (C=O) groups is 1. The largest absolute Gasteiger partial charge is 0.497 e. The van der Waals surface area contributed by atoms with Crippen molar-refractivity contribution in [2.45, 2.75) is 19.4 Å². The highest BCUT2D eigenvalue weighted by atomic mass is 35.5. The average Bonchev–Trinajstić information content (AvgIpc) is 3.74. The van der Waals surface area contributed by atoms with E-state index < -0.39 is 11.2 Å². The molecule has 0 amide bonds. The van der Waals surface area contributed by atoms with Gasteiger partial charge in [-0.05, 0) is 49.2 Å². The quantitative estimate of drug-likeness (QED) is 0.383. The summed E-state index contributed by atoms with van der Waals surface area (Å²) in [6, 6.07) is 11.4. The van der Waals surface area contributed by atoms with E-state index in [0.717, 1.165) is 18.4 Å². The average molecular weight is 514 g/mol. The summed E-state index contributed by atoms with van der Waals surface area (Å²) < 4.78 is 36.3. The molecule has 8 nitrogen and oxygen atoms in total. The van der Waals surface area contributed by atoms with E-state index in [4.69, 9.17) is 30.5 Å². The third-order valence-corrected chi connectivity index (χ3v) is 7.27. The third kappa shape index (κ3) is 4.17. The zero-order valence-corrected chi connectivity index (χ0v) is 20.8. The Balaban J connectivity index is 1.41. The fourth-order valence-electron chi connectivity index (χ4n) is 4.65. The molecule has 0 spiro atoms. The van der Waals surface area contributed by atoms with Crippen LogP contribution in [-0.2, 0) is 16.1 Å². The van der Waals surface area contributed by atoms with Crippen molar-refractivity contribution in [1.82, 2.24) is 10.2 Å². The van der Waals surface area contributed by atoms with Crippen LogP contribution in [0.25, 0.3) is 11.3 Å². The number of esters is 1. The molecule has 2 aromatic carbocycles. The van der Waals surface area contributed by atoms with Crippen molar-refractivity contribution in [2.75, 3.05) is 33.3 Å². The maximum atomic E-state index is 14.5. The number of nitrogens with one attached hydrogen (secondary N) is 1. The van der Waals surface area contributed by atoms with Gasteiger partial charge in [0.1, 0.15) is 23.0 Å². The summed E-state index contributed by atoms with van der Waals surface area (Å²) in [4.78, 5) is 12.1. The summed E-state index contributed by atoms with van der Waals surface area (Å²) >= 11 is 6.08. The molecule has 2 aliphatic rings. The molecule has 10 heteroatoms. The van der Waals surface area contributed by atoms with Gasteiger partial charge in [0.15, 0.2) is 0 Å². The number of benzene rings is 2.